The van der Waals surface area contributed by atoms with Crippen LogP contribution < -0.4 is 5.32 Å². The number of nitrogens with one attached hydrogen (secondary N) is 1. The molecule has 0 spiro atoms. The van der Waals surface area contributed by atoms with Gasteiger partial charge >= 0.3 is 0 Å². The molecule has 2 heterocycles. The molecule has 0 radical (unpaired) electrons. The number of aromatic nitrogens is 2. The Labute approximate surface area is 134 Å². The number of hydrogen-bond acceptors (Lipinski definition) is 2. The summed E-state index contributed by atoms with van der Waals surface area (Å²) in [6, 6.07) is 8.35. The molecular formula is C17H22BrN3. The molecule has 0 atom stereocenters. The number of rotatable bonds is 1. The first kappa shape index (κ1) is 14.6. The van der Waals surface area contributed by atoms with Crippen molar-refractivity contribution < 1.29 is 0 Å². The van der Waals surface area contributed by atoms with Gasteiger partial charge in [-0.1, -0.05) is 36.7 Å². The normalized spacial score (nSPS) is 15.2. The summed E-state index contributed by atoms with van der Waals surface area (Å²) in [5.74, 6) is 1.18. The number of halogens is 1. The van der Waals surface area contributed by atoms with Gasteiger partial charge in [0.05, 0.1) is 11.4 Å². The average Bonchev–Trinajstić information content (AvgIpc) is 2.63. The zero-order valence-corrected chi connectivity index (χ0v) is 14.5. The molecule has 1 aliphatic rings. The second-order valence-corrected chi connectivity index (χ2v) is 7.61. The van der Waals surface area contributed by atoms with Gasteiger partial charge < -0.3 is 5.32 Å². The number of anilines is 1. The van der Waals surface area contributed by atoms with E-state index in [1.54, 1.807) is 0 Å². The summed E-state index contributed by atoms with van der Waals surface area (Å²) < 4.78 is 3.17. The van der Waals surface area contributed by atoms with Crippen molar-refractivity contribution in [3.8, 4) is 5.69 Å². The van der Waals surface area contributed by atoms with Crippen molar-refractivity contribution in [3.63, 3.8) is 0 Å². The zero-order valence-electron chi connectivity index (χ0n) is 12.9. The van der Waals surface area contributed by atoms with Gasteiger partial charge in [0, 0.05) is 22.0 Å². The molecule has 0 fully saturated rings. The highest BCUT2D eigenvalue weighted by Crippen LogP contribution is 2.34. The first-order chi connectivity index (χ1) is 9.97. The van der Waals surface area contributed by atoms with E-state index in [0.717, 1.165) is 23.1 Å². The smallest absolute Gasteiger partial charge is 0.133 e. The van der Waals surface area contributed by atoms with E-state index >= 15 is 0 Å². The maximum Gasteiger partial charge on any atom is 0.133 e. The van der Waals surface area contributed by atoms with Crippen molar-refractivity contribution in [3.05, 3.63) is 40.0 Å². The number of hydrogen-bond donors (Lipinski definition) is 1. The molecule has 0 unspecified atom stereocenters. The van der Waals surface area contributed by atoms with Crippen molar-refractivity contribution in [2.45, 2.75) is 45.4 Å². The van der Waals surface area contributed by atoms with E-state index in [-0.39, 0.29) is 5.41 Å². The van der Waals surface area contributed by atoms with Crippen LogP contribution in [-0.4, -0.2) is 16.3 Å². The van der Waals surface area contributed by atoms with Gasteiger partial charge in [-0.2, -0.15) is 5.10 Å². The molecule has 2 aromatic rings. The summed E-state index contributed by atoms with van der Waals surface area (Å²) >= 11 is 3.50. The highest BCUT2D eigenvalue weighted by Gasteiger charge is 2.27. The lowest BCUT2D eigenvalue weighted by atomic mass is 9.88. The summed E-state index contributed by atoms with van der Waals surface area (Å²) in [4.78, 5) is 0. The van der Waals surface area contributed by atoms with E-state index in [0.29, 0.717) is 0 Å². The molecule has 4 heteroatoms. The largest absolute Gasteiger partial charge is 0.370 e. The Hall–Kier alpha value is -1.29. The van der Waals surface area contributed by atoms with Crippen LogP contribution in [0.5, 0.6) is 0 Å². The Morgan fingerprint density at radius 2 is 1.86 bits per heavy atom. The minimum atomic E-state index is 0.0662. The lowest BCUT2D eigenvalue weighted by Crippen LogP contribution is -2.15. The van der Waals surface area contributed by atoms with Crippen LogP contribution in [0.25, 0.3) is 5.69 Å². The van der Waals surface area contributed by atoms with Gasteiger partial charge in [0.1, 0.15) is 5.82 Å². The molecule has 3 rings (SSSR count). The van der Waals surface area contributed by atoms with Gasteiger partial charge in [0.25, 0.3) is 0 Å². The van der Waals surface area contributed by atoms with Crippen molar-refractivity contribution in [1.82, 2.24) is 9.78 Å². The van der Waals surface area contributed by atoms with Crippen LogP contribution in [0.4, 0.5) is 5.82 Å². The summed E-state index contributed by atoms with van der Waals surface area (Å²) in [7, 11) is 0. The maximum absolute atomic E-state index is 4.94. The SMILES string of the molecule is CC(C)(C)c1nn(-c2ccc(Br)cc2)c2c1CCCCN2. The lowest BCUT2D eigenvalue weighted by Gasteiger charge is -2.17. The third-order valence-electron chi connectivity index (χ3n) is 3.91. The Balaban J connectivity index is 2.16. The summed E-state index contributed by atoms with van der Waals surface area (Å²) in [5, 5.41) is 8.53. The van der Waals surface area contributed by atoms with Crippen molar-refractivity contribution in [2.24, 2.45) is 0 Å². The molecule has 0 amide bonds. The van der Waals surface area contributed by atoms with Gasteiger partial charge in [-0.25, -0.2) is 4.68 Å². The van der Waals surface area contributed by atoms with E-state index in [4.69, 9.17) is 5.10 Å². The first-order valence-corrected chi connectivity index (χ1v) is 8.38. The highest BCUT2D eigenvalue weighted by molar-refractivity contribution is 9.10. The second kappa shape index (κ2) is 5.48. The van der Waals surface area contributed by atoms with Crippen LogP contribution in [0.15, 0.2) is 28.7 Å². The Bertz CT molecular complexity index is 635. The van der Waals surface area contributed by atoms with Crippen LogP contribution in [0.3, 0.4) is 0 Å². The van der Waals surface area contributed by atoms with E-state index in [1.807, 2.05) is 0 Å². The monoisotopic (exact) mass is 347 g/mol. The zero-order chi connectivity index (χ0) is 15.0. The standard InChI is InChI=1S/C17H22BrN3/c1-17(2,3)15-14-6-4-5-11-19-16(14)21(20-15)13-9-7-12(18)8-10-13/h7-10,19H,4-6,11H2,1-3H3. The third-order valence-corrected chi connectivity index (χ3v) is 4.44. The van der Waals surface area contributed by atoms with Crippen molar-refractivity contribution >= 4 is 21.7 Å². The summed E-state index contributed by atoms with van der Waals surface area (Å²) in [6.07, 6.45) is 3.57. The molecule has 1 aromatic heterocycles. The van der Waals surface area contributed by atoms with Gasteiger partial charge in [-0.05, 0) is 43.5 Å². The number of benzene rings is 1. The fourth-order valence-corrected chi connectivity index (χ4v) is 3.14. The molecule has 112 valence electrons. The van der Waals surface area contributed by atoms with E-state index < -0.39 is 0 Å². The molecule has 0 bridgehead atoms. The predicted molar refractivity (Wildman–Crippen MR) is 91.4 cm³/mol. The number of fused-ring (bicyclic) bond motifs is 1. The fourth-order valence-electron chi connectivity index (χ4n) is 2.87. The molecule has 0 saturated heterocycles. The van der Waals surface area contributed by atoms with Gasteiger partial charge in [0.15, 0.2) is 0 Å². The Morgan fingerprint density at radius 1 is 1.14 bits per heavy atom. The molecule has 1 aliphatic heterocycles. The van der Waals surface area contributed by atoms with Crippen LogP contribution in [-0.2, 0) is 11.8 Å². The highest BCUT2D eigenvalue weighted by atomic mass is 79.9. The van der Waals surface area contributed by atoms with Crippen LogP contribution >= 0.6 is 15.9 Å². The quantitative estimate of drug-likeness (QED) is 0.811. The van der Waals surface area contributed by atoms with Crippen molar-refractivity contribution in [2.75, 3.05) is 11.9 Å². The minimum Gasteiger partial charge on any atom is -0.370 e. The molecular weight excluding hydrogens is 326 g/mol. The van der Waals surface area contributed by atoms with Gasteiger partial charge in [-0.15, -0.1) is 0 Å². The molecule has 1 N–H and O–H groups in total. The molecule has 0 aliphatic carbocycles. The van der Waals surface area contributed by atoms with Gasteiger partial charge in [0.2, 0.25) is 0 Å². The summed E-state index contributed by atoms with van der Waals surface area (Å²) in [6.45, 7) is 7.75. The molecule has 1 aromatic carbocycles. The maximum atomic E-state index is 4.94. The van der Waals surface area contributed by atoms with E-state index in [2.05, 4.69) is 71.0 Å². The molecule has 0 saturated carbocycles. The lowest BCUT2D eigenvalue weighted by molar-refractivity contribution is 0.552. The third kappa shape index (κ3) is 2.86. The van der Waals surface area contributed by atoms with Gasteiger partial charge in [-0.3, -0.25) is 0 Å². The van der Waals surface area contributed by atoms with Crippen molar-refractivity contribution in [1.29, 1.82) is 0 Å². The Kier molecular flexibility index (Phi) is 3.82. The minimum absolute atomic E-state index is 0.0662. The average molecular weight is 348 g/mol. The number of nitrogens with zero attached hydrogens (tertiary/aromatic N) is 2. The van der Waals surface area contributed by atoms with E-state index in [1.165, 1.54) is 29.9 Å². The van der Waals surface area contributed by atoms with Crippen LogP contribution in [0, 0.1) is 0 Å². The fraction of sp³-hybridized carbons (Fsp3) is 0.471. The summed E-state index contributed by atoms with van der Waals surface area (Å²) in [5.41, 5.74) is 3.79. The topological polar surface area (TPSA) is 29.9 Å². The van der Waals surface area contributed by atoms with Crippen LogP contribution in [0.1, 0.15) is 44.9 Å². The second-order valence-electron chi connectivity index (χ2n) is 6.70. The molecule has 3 nitrogen and oxygen atoms in total. The Morgan fingerprint density at radius 3 is 2.52 bits per heavy atom. The van der Waals surface area contributed by atoms with Crippen LogP contribution in [0.2, 0.25) is 0 Å². The molecule has 21 heavy (non-hydrogen) atoms. The predicted octanol–water partition coefficient (Wildman–Crippen LogP) is 4.68. The first-order valence-electron chi connectivity index (χ1n) is 7.59. The van der Waals surface area contributed by atoms with E-state index in [9.17, 15) is 0 Å².